The van der Waals surface area contributed by atoms with Crippen LogP contribution in [0.3, 0.4) is 0 Å². The smallest absolute Gasteiger partial charge is 0.223 e. The van der Waals surface area contributed by atoms with Gasteiger partial charge in [-0.3, -0.25) is 4.79 Å². The lowest BCUT2D eigenvalue weighted by Crippen LogP contribution is -3.15. The molecule has 1 amide bonds. The molecule has 1 fully saturated rings. The second-order valence-corrected chi connectivity index (χ2v) is 8.87. The van der Waals surface area contributed by atoms with Crippen molar-refractivity contribution in [1.29, 1.82) is 0 Å². The van der Waals surface area contributed by atoms with Crippen molar-refractivity contribution >= 4 is 17.7 Å². The lowest BCUT2D eigenvalue weighted by atomic mass is 9.96. The molecule has 4 heteroatoms. The van der Waals surface area contributed by atoms with E-state index in [0.29, 0.717) is 12.5 Å². The van der Waals surface area contributed by atoms with Crippen molar-refractivity contribution in [3.8, 4) is 0 Å². The van der Waals surface area contributed by atoms with Gasteiger partial charge in [0.25, 0.3) is 0 Å². The number of thioether (sulfide) groups is 1. The molecule has 0 aromatic heterocycles. The minimum Gasteiger partial charge on any atom is -0.331 e. The molecule has 1 N–H and O–H groups in total. The summed E-state index contributed by atoms with van der Waals surface area (Å²) in [6.07, 6.45) is 0.607. The molecule has 1 aliphatic heterocycles. The molecule has 1 heterocycles. The van der Waals surface area contributed by atoms with E-state index in [-0.39, 0.29) is 5.91 Å². The van der Waals surface area contributed by atoms with E-state index in [1.807, 2.05) is 18.2 Å². The van der Waals surface area contributed by atoms with Gasteiger partial charge in [0.1, 0.15) is 6.04 Å². The third kappa shape index (κ3) is 5.32. The topological polar surface area (TPSA) is 24.8 Å². The highest BCUT2D eigenvalue weighted by Crippen LogP contribution is 2.20. The summed E-state index contributed by atoms with van der Waals surface area (Å²) < 4.78 is 0. The maximum Gasteiger partial charge on any atom is 0.223 e. The molecule has 3 aromatic rings. The fourth-order valence-corrected chi connectivity index (χ4v) is 5.08. The maximum atomic E-state index is 12.7. The first kappa shape index (κ1) is 20.7. The summed E-state index contributed by atoms with van der Waals surface area (Å²) in [5.74, 6) is 1.13. The fourth-order valence-electron chi connectivity index (χ4n) is 4.22. The van der Waals surface area contributed by atoms with Gasteiger partial charge in [0.15, 0.2) is 0 Å². The SMILES string of the molecule is O=C(CCSc1ccccc1)N1CC[NH+](C(c2ccccc2)c2ccccc2)CC1. The van der Waals surface area contributed by atoms with Crippen molar-refractivity contribution < 1.29 is 9.69 Å². The highest BCUT2D eigenvalue weighted by atomic mass is 32.2. The van der Waals surface area contributed by atoms with E-state index >= 15 is 0 Å². The molecule has 0 bridgehead atoms. The molecule has 0 atom stereocenters. The molecular formula is C26H29N2OS+. The van der Waals surface area contributed by atoms with E-state index in [1.165, 1.54) is 20.9 Å². The van der Waals surface area contributed by atoms with E-state index in [4.69, 9.17) is 0 Å². The number of hydrogen-bond donors (Lipinski definition) is 1. The number of benzene rings is 3. The van der Waals surface area contributed by atoms with Crippen molar-refractivity contribution in [2.45, 2.75) is 17.4 Å². The van der Waals surface area contributed by atoms with E-state index in [0.717, 1.165) is 31.9 Å². The van der Waals surface area contributed by atoms with Crippen LogP contribution in [0.4, 0.5) is 0 Å². The zero-order valence-corrected chi connectivity index (χ0v) is 18.1. The van der Waals surface area contributed by atoms with Crippen LogP contribution in [0.25, 0.3) is 0 Å². The summed E-state index contributed by atoms with van der Waals surface area (Å²) >= 11 is 1.76. The van der Waals surface area contributed by atoms with Gasteiger partial charge in [-0.2, -0.15) is 0 Å². The number of piperazine rings is 1. The molecule has 0 saturated carbocycles. The number of hydrogen-bond acceptors (Lipinski definition) is 2. The Hall–Kier alpha value is -2.56. The van der Waals surface area contributed by atoms with Crippen molar-refractivity contribution in [3.63, 3.8) is 0 Å². The van der Waals surface area contributed by atoms with Gasteiger partial charge in [-0.05, 0) is 12.1 Å². The minimum atomic E-state index is 0.286. The standard InChI is InChI=1S/C26H28N2OS/c29-25(16-21-30-24-14-8-3-9-15-24)27-17-19-28(20-18-27)26(22-10-4-1-5-11-22)23-12-6-2-7-13-23/h1-15,26H,16-21H2/p+1. The van der Waals surface area contributed by atoms with Gasteiger partial charge in [-0.1, -0.05) is 78.9 Å². The zero-order chi connectivity index (χ0) is 20.6. The molecule has 30 heavy (non-hydrogen) atoms. The van der Waals surface area contributed by atoms with Crippen LogP contribution in [0, 0.1) is 0 Å². The Bertz CT molecular complexity index is 870. The highest BCUT2D eigenvalue weighted by molar-refractivity contribution is 7.99. The van der Waals surface area contributed by atoms with Crippen molar-refractivity contribution in [2.75, 3.05) is 31.9 Å². The number of nitrogens with one attached hydrogen (secondary N) is 1. The van der Waals surface area contributed by atoms with Gasteiger partial charge >= 0.3 is 0 Å². The summed E-state index contributed by atoms with van der Waals surface area (Å²) in [7, 11) is 0. The number of carbonyl (C=O) groups is 1. The van der Waals surface area contributed by atoms with Crippen molar-refractivity contribution in [3.05, 3.63) is 102 Å². The lowest BCUT2D eigenvalue weighted by molar-refractivity contribution is -0.929. The number of rotatable bonds is 7. The molecular weight excluding hydrogens is 388 g/mol. The molecule has 1 saturated heterocycles. The van der Waals surface area contributed by atoms with Gasteiger partial charge < -0.3 is 9.80 Å². The second kappa shape index (κ2) is 10.5. The first-order valence-electron chi connectivity index (χ1n) is 10.7. The first-order chi connectivity index (χ1) is 14.8. The van der Waals surface area contributed by atoms with Crippen LogP contribution in [0.5, 0.6) is 0 Å². The van der Waals surface area contributed by atoms with Gasteiger partial charge in [-0.15, -0.1) is 11.8 Å². The predicted octanol–water partition coefficient (Wildman–Crippen LogP) is 3.69. The van der Waals surface area contributed by atoms with E-state index < -0.39 is 0 Å². The molecule has 0 unspecified atom stereocenters. The fraction of sp³-hybridized carbons (Fsp3) is 0.269. The summed E-state index contributed by atoms with van der Waals surface area (Å²) in [6.45, 7) is 3.62. The van der Waals surface area contributed by atoms with Crippen LogP contribution in [0.1, 0.15) is 23.6 Å². The van der Waals surface area contributed by atoms with E-state index in [2.05, 4.69) is 77.7 Å². The quantitative estimate of drug-likeness (QED) is 0.593. The third-order valence-electron chi connectivity index (χ3n) is 5.76. The van der Waals surface area contributed by atoms with Gasteiger partial charge in [0.2, 0.25) is 5.91 Å². The number of amides is 1. The Labute approximate surface area is 183 Å². The summed E-state index contributed by atoms with van der Waals surface area (Å²) in [4.78, 5) is 17.5. The Morgan fingerprint density at radius 2 is 1.30 bits per heavy atom. The molecule has 3 nitrogen and oxygen atoms in total. The number of quaternary nitrogens is 1. The van der Waals surface area contributed by atoms with E-state index in [1.54, 1.807) is 11.8 Å². The summed E-state index contributed by atoms with van der Waals surface area (Å²) in [5, 5.41) is 0. The van der Waals surface area contributed by atoms with E-state index in [9.17, 15) is 4.79 Å². The van der Waals surface area contributed by atoms with Gasteiger partial charge in [0.05, 0.1) is 26.2 Å². The second-order valence-electron chi connectivity index (χ2n) is 7.70. The van der Waals surface area contributed by atoms with Crippen LogP contribution in [-0.2, 0) is 4.79 Å². The molecule has 3 aromatic carbocycles. The minimum absolute atomic E-state index is 0.286. The Morgan fingerprint density at radius 3 is 1.83 bits per heavy atom. The van der Waals surface area contributed by atoms with Crippen LogP contribution in [0.15, 0.2) is 95.9 Å². The average Bonchev–Trinajstić information content (AvgIpc) is 2.82. The zero-order valence-electron chi connectivity index (χ0n) is 17.2. The highest BCUT2D eigenvalue weighted by Gasteiger charge is 2.31. The van der Waals surface area contributed by atoms with Crippen LogP contribution < -0.4 is 4.90 Å². The first-order valence-corrected chi connectivity index (χ1v) is 11.7. The predicted molar refractivity (Wildman–Crippen MR) is 124 cm³/mol. The summed E-state index contributed by atoms with van der Waals surface area (Å²) in [6, 6.07) is 32.2. The largest absolute Gasteiger partial charge is 0.331 e. The van der Waals surface area contributed by atoms with Crippen LogP contribution >= 0.6 is 11.8 Å². The van der Waals surface area contributed by atoms with Gasteiger partial charge in [-0.25, -0.2) is 0 Å². The van der Waals surface area contributed by atoms with Crippen molar-refractivity contribution in [1.82, 2.24) is 4.90 Å². The van der Waals surface area contributed by atoms with Crippen molar-refractivity contribution in [2.24, 2.45) is 0 Å². The number of carbonyl (C=O) groups excluding carboxylic acids is 1. The summed E-state index contributed by atoms with van der Waals surface area (Å²) in [5.41, 5.74) is 2.69. The molecule has 0 aliphatic carbocycles. The van der Waals surface area contributed by atoms with Crippen LogP contribution in [-0.4, -0.2) is 42.7 Å². The molecule has 154 valence electrons. The lowest BCUT2D eigenvalue weighted by Gasteiger charge is -2.37. The van der Waals surface area contributed by atoms with Gasteiger partial charge in [0, 0.05) is 28.2 Å². The normalized spacial score (nSPS) is 14.8. The molecule has 0 spiro atoms. The maximum absolute atomic E-state index is 12.7. The average molecular weight is 418 g/mol. The Balaban J connectivity index is 1.34. The monoisotopic (exact) mass is 417 g/mol. The molecule has 1 aliphatic rings. The Kier molecular flexibility index (Phi) is 7.22. The van der Waals surface area contributed by atoms with Crippen LogP contribution in [0.2, 0.25) is 0 Å². The molecule has 4 rings (SSSR count). The third-order valence-corrected chi connectivity index (χ3v) is 6.77. The number of nitrogens with zero attached hydrogens (tertiary/aromatic N) is 1. The Morgan fingerprint density at radius 1 is 0.800 bits per heavy atom. The molecule has 0 radical (unpaired) electrons.